The first-order valence-electron chi connectivity index (χ1n) is 10.8. The van der Waals surface area contributed by atoms with Crippen molar-refractivity contribution in [3.63, 3.8) is 0 Å². The van der Waals surface area contributed by atoms with Gasteiger partial charge in [0, 0.05) is 42.9 Å². The monoisotopic (exact) mass is 526 g/mol. The van der Waals surface area contributed by atoms with Gasteiger partial charge in [-0.2, -0.15) is 0 Å². The number of hydrogen-bond acceptors (Lipinski definition) is 5. The molecule has 34 heavy (non-hydrogen) atoms. The van der Waals surface area contributed by atoms with Crippen molar-refractivity contribution in [2.24, 2.45) is 0 Å². The van der Waals surface area contributed by atoms with Gasteiger partial charge in [0.1, 0.15) is 5.75 Å². The zero-order chi connectivity index (χ0) is 21.7. The van der Waals surface area contributed by atoms with Crippen LogP contribution in [-0.2, 0) is 6.42 Å². The van der Waals surface area contributed by atoms with E-state index in [1.807, 2.05) is 43.7 Å². The summed E-state index contributed by atoms with van der Waals surface area (Å²) in [5.41, 5.74) is 3.12. The van der Waals surface area contributed by atoms with Crippen LogP contribution in [0.15, 0.2) is 73.3 Å². The summed E-state index contributed by atoms with van der Waals surface area (Å²) in [6.45, 7) is 3.98. The Morgan fingerprint density at radius 1 is 0.971 bits per heavy atom. The van der Waals surface area contributed by atoms with Crippen LogP contribution in [0.5, 0.6) is 5.75 Å². The third-order valence-electron chi connectivity index (χ3n) is 4.99. The molecule has 0 aliphatic carbocycles. The van der Waals surface area contributed by atoms with Crippen molar-refractivity contribution < 1.29 is 9.53 Å². The topological polar surface area (TPSA) is 76.1 Å². The quantitative estimate of drug-likeness (QED) is 0.316. The van der Waals surface area contributed by atoms with Gasteiger partial charge in [-0.05, 0) is 86.3 Å². The second-order valence-electron chi connectivity index (χ2n) is 7.27. The van der Waals surface area contributed by atoms with Gasteiger partial charge in [-0.1, -0.05) is 6.07 Å². The highest BCUT2D eigenvalue weighted by atomic mass is 35.5. The van der Waals surface area contributed by atoms with Crippen LogP contribution in [0.4, 0.5) is 0 Å². The van der Waals surface area contributed by atoms with E-state index in [0.717, 1.165) is 31.6 Å². The number of nitrogens with one attached hydrogen (secondary N) is 2. The van der Waals surface area contributed by atoms with E-state index in [2.05, 4.69) is 38.8 Å². The fraction of sp³-hybridized carbons (Fsp3) is 0.320. The van der Waals surface area contributed by atoms with Gasteiger partial charge in [0.25, 0.3) is 5.91 Å². The van der Waals surface area contributed by atoms with Crippen molar-refractivity contribution in [3.8, 4) is 5.75 Å². The molecule has 1 atom stereocenters. The van der Waals surface area contributed by atoms with E-state index in [0.29, 0.717) is 18.7 Å². The van der Waals surface area contributed by atoms with E-state index in [1.54, 1.807) is 18.3 Å². The number of amides is 1. The summed E-state index contributed by atoms with van der Waals surface area (Å²) in [5, 5.41) is 6.44. The summed E-state index contributed by atoms with van der Waals surface area (Å²) >= 11 is 0. The molecule has 0 aliphatic rings. The molecule has 0 saturated carbocycles. The molecule has 2 aromatic heterocycles. The summed E-state index contributed by atoms with van der Waals surface area (Å²) in [6.07, 6.45) is 10.2. The molecule has 1 amide bonds. The summed E-state index contributed by atoms with van der Waals surface area (Å²) in [7, 11) is 0. The molecule has 0 radical (unpaired) electrons. The van der Waals surface area contributed by atoms with Gasteiger partial charge < -0.3 is 15.4 Å². The van der Waals surface area contributed by atoms with Gasteiger partial charge in [-0.3, -0.25) is 14.8 Å². The number of ether oxygens (including phenoxy) is 1. The number of hydrogen-bond donors (Lipinski definition) is 2. The highest BCUT2D eigenvalue weighted by molar-refractivity contribution is 5.94. The Kier molecular flexibility index (Phi) is 16.8. The number of carbonyl (C=O) groups excluding carboxylic acids is 1. The van der Waals surface area contributed by atoms with Gasteiger partial charge in [0.2, 0.25) is 0 Å². The smallest absolute Gasteiger partial charge is 0.251 e. The Bertz CT molecular complexity index is 916. The van der Waals surface area contributed by atoms with E-state index in [1.165, 1.54) is 11.1 Å². The van der Waals surface area contributed by atoms with Crippen molar-refractivity contribution in [1.29, 1.82) is 0 Å². The zero-order valence-electron chi connectivity index (χ0n) is 19.2. The van der Waals surface area contributed by atoms with Crippen molar-refractivity contribution in [1.82, 2.24) is 20.6 Å². The van der Waals surface area contributed by atoms with Crippen LogP contribution in [0.1, 0.15) is 47.3 Å². The third kappa shape index (κ3) is 10.7. The van der Waals surface area contributed by atoms with Crippen molar-refractivity contribution in [2.45, 2.75) is 32.2 Å². The Morgan fingerprint density at radius 2 is 1.71 bits per heavy atom. The lowest BCUT2D eigenvalue weighted by Gasteiger charge is -2.19. The molecule has 9 heteroatoms. The van der Waals surface area contributed by atoms with Crippen LogP contribution in [0.3, 0.4) is 0 Å². The number of carbonyl (C=O) groups is 1. The third-order valence-corrected chi connectivity index (χ3v) is 4.99. The predicted octanol–water partition coefficient (Wildman–Crippen LogP) is 5.22. The van der Waals surface area contributed by atoms with Crippen LogP contribution in [0.2, 0.25) is 0 Å². The van der Waals surface area contributed by atoms with Gasteiger partial charge in [-0.25, -0.2) is 0 Å². The van der Waals surface area contributed by atoms with E-state index in [9.17, 15) is 4.79 Å². The number of aryl methyl sites for hydroxylation is 1. The maximum atomic E-state index is 11.8. The van der Waals surface area contributed by atoms with Gasteiger partial charge >= 0.3 is 0 Å². The Labute approximate surface area is 220 Å². The number of halogens is 3. The number of nitrogens with zero attached hydrogens (tertiary/aromatic N) is 2. The fourth-order valence-electron chi connectivity index (χ4n) is 3.34. The van der Waals surface area contributed by atoms with Crippen LogP contribution in [0.25, 0.3) is 0 Å². The average molecular weight is 528 g/mol. The molecule has 0 fully saturated rings. The lowest BCUT2D eigenvalue weighted by Crippen LogP contribution is -2.24. The minimum Gasteiger partial charge on any atom is -0.494 e. The fourth-order valence-corrected chi connectivity index (χ4v) is 3.34. The average Bonchev–Trinajstić information content (AvgIpc) is 2.82. The van der Waals surface area contributed by atoms with Crippen molar-refractivity contribution in [3.05, 3.63) is 90.0 Å². The molecule has 1 unspecified atom stereocenters. The largest absolute Gasteiger partial charge is 0.494 e. The van der Waals surface area contributed by atoms with E-state index < -0.39 is 0 Å². The van der Waals surface area contributed by atoms with Gasteiger partial charge in [0.05, 0.1) is 6.61 Å². The van der Waals surface area contributed by atoms with Crippen LogP contribution >= 0.6 is 37.2 Å². The molecule has 186 valence electrons. The molecule has 0 spiro atoms. The molecule has 0 saturated heterocycles. The van der Waals surface area contributed by atoms with Crippen LogP contribution in [0, 0.1) is 0 Å². The second kappa shape index (κ2) is 18.0. The zero-order valence-corrected chi connectivity index (χ0v) is 21.6. The van der Waals surface area contributed by atoms with Crippen LogP contribution < -0.4 is 15.4 Å². The second-order valence-corrected chi connectivity index (χ2v) is 7.27. The molecular formula is C25H33Cl3N4O2. The maximum Gasteiger partial charge on any atom is 0.251 e. The summed E-state index contributed by atoms with van der Waals surface area (Å²) < 4.78 is 5.83. The minimum absolute atomic E-state index is 0. The first kappa shape index (κ1) is 31.6. The maximum absolute atomic E-state index is 11.8. The molecular weight excluding hydrogens is 495 g/mol. The summed E-state index contributed by atoms with van der Waals surface area (Å²) in [5.74, 6) is 0.710. The van der Waals surface area contributed by atoms with E-state index in [-0.39, 0.29) is 49.2 Å². The molecule has 2 heterocycles. The molecule has 1 aromatic carbocycles. The van der Waals surface area contributed by atoms with Gasteiger partial charge in [0.15, 0.2) is 0 Å². The molecule has 0 bridgehead atoms. The molecule has 2 N–H and O–H groups in total. The van der Waals surface area contributed by atoms with Crippen LogP contribution in [-0.4, -0.2) is 35.6 Å². The molecule has 0 aliphatic heterocycles. The molecule has 3 aromatic rings. The number of pyridine rings is 2. The lowest BCUT2D eigenvalue weighted by molar-refractivity contribution is 0.0956. The van der Waals surface area contributed by atoms with Gasteiger partial charge in [-0.15, -0.1) is 37.2 Å². The predicted molar refractivity (Wildman–Crippen MR) is 144 cm³/mol. The first-order valence-corrected chi connectivity index (χ1v) is 10.8. The lowest BCUT2D eigenvalue weighted by atomic mass is 10.0. The summed E-state index contributed by atoms with van der Waals surface area (Å²) in [4.78, 5) is 20.2. The first-order chi connectivity index (χ1) is 15.3. The Morgan fingerprint density at radius 3 is 2.35 bits per heavy atom. The summed E-state index contributed by atoms with van der Waals surface area (Å²) in [6, 6.07) is 15.7. The van der Waals surface area contributed by atoms with E-state index >= 15 is 0 Å². The minimum atomic E-state index is -0.0633. The number of aromatic nitrogens is 2. The Hall–Kier alpha value is -2.38. The number of benzene rings is 1. The highest BCUT2D eigenvalue weighted by Crippen LogP contribution is 2.19. The number of rotatable bonds is 12. The normalized spacial score (nSPS) is 10.6. The molecule has 6 nitrogen and oxygen atoms in total. The molecule has 3 rings (SSSR count). The Balaban J connectivity index is 0.00000363. The van der Waals surface area contributed by atoms with Crippen molar-refractivity contribution in [2.75, 3.05) is 19.7 Å². The standard InChI is InChI=1S/C25H30N4O2.3ClH/c1-2-28-25(30)22-7-9-23(10-8-22)31-18-4-15-29-24(21-12-16-26-17-13-21)11-6-20-5-3-14-27-19-20;;;/h3,5,7-10,12-14,16-17,19,24,29H,2,4,6,11,15,18H2,1H3,(H,28,30);3*1H. The highest BCUT2D eigenvalue weighted by Gasteiger charge is 2.11. The van der Waals surface area contributed by atoms with E-state index in [4.69, 9.17) is 4.74 Å². The SMILES string of the molecule is CCNC(=O)c1ccc(OCCCNC(CCc2cccnc2)c2ccncc2)cc1.Cl.Cl.Cl. The van der Waals surface area contributed by atoms with Crippen molar-refractivity contribution >= 4 is 43.1 Å².